The molecule has 4 unspecified atom stereocenters. The molecular weight excluding hydrogens is 188 g/mol. The van der Waals surface area contributed by atoms with E-state index in [1.807, 2.05) is 0 Å². The van der Waals surface area contributed by atoms with Gasteiger partial charge in [0.05, 0.1) is 12.7 Å². The van der Waals surface area contributed by atoms with Crippen molar-refractivity contribution in [3.05, 3.63) is 0 Å². The zero-order chi connectivity index (χ0) is 10.8. The van der Waals surface area contributed by atoms with Crippen LogP contribution >= 0.6 is 0 Å². The van der Waals surface area contributed by atoms with E-state index < -0.39 is 0 Å². The summed E-state index contributed by atoms with van der Waals surface area (Å²) in [5, 5.41) is 0. The maximum atomic E-state index is 6.01. The Morgan fingerprint density at radius 1 is 1.27 bits per heavy atom. The molecule has 3 nitrogen and oxygen atoms in total. The molecule has 1 aliphatic carbocycles. The van der Waals surface area contributed by atoms with Gasteiger partial charge in [-0.1, -0.05) is 12.8 Å². The summed E-state index contributed by atoms with van der Waals surface area (Å²) in [6, 6.07) is 1.37. The normalized spacial score (nSPS) is 37.0. The van der Waals surface area contributed by atoms with Crippen molar-refractivity contribution >= 4 is 0 Å². The fourth-order valence-electron chi connectivity index (χ4n) is 2.93. The Balaban J connectivity index is 2.03. The quantitative estimate of drug-likeness (QED) is 0.751. The van der Waals surface area contributed by atoms with Gasteiger partial charge in [-0.05, 0) is 26.7 Å². The van der Waals surface area contributed by atoms with Gasteiger partial charge in [0, 0.05) is 24.7 Å². The van der Waals surface area contributed by atoms with Crippen LogP contribution in [0.15, 0.2) is 0 Å². The van der Waals surface area contributed by atoms with Crippen molar-refractivity contribution in [2.45, 2.75) is 63.8 Å². The lowest BCUT2D eigenvalue weighted by atomic mass is 9.88. The average molecular weight is 212 g/mol. The second kappa shape index (κ2) is 4.81. The molecule has 0 amide bonds. The van der Waals surface area contributed by atoms with Gasteiger partial charge in [0.1, 0.15) is 0 Å². The van der Waals surface area contributed by atoms with Crippen LogP contribution in [0.25, 0.3) is 0 Å². The molecule has 0 aromatic rings. The largest absolute Gasteiger partial charge is 0.375 e. The highest BCUT2D eigenvalue weighted by Crippen LogP contribution is 2.29. The Morgan fingerprint density at radius 2 is 2.00 bits per heavy atom. The highest BCUT2D eigenvalue weighted by molar-refractivity contribution is 4.91. The van der Waals surface area contributed by atoms with E-state index in [4.69, 9.17) is 10.5 Å². The number of rotatable bonds is 2. The maximum absolute atomic E-state index is 6.01. The SMILES string of the molecule is CC(N)C(C)N1CCOC2CCCCC21. The summed E-state index contributed by atoms with van der Waals surface area (Å²) >= 11 is 0. The molecule has 1 saturated carbocycles. The van der Waals surface area contributed by atoms with E-state index in [9.17, 15) is 0 Å². The van der Waals surface area contributed by atoms with Crippen LogP contribution in [0.5, 0.6) is 0 Å². The van der Waals surface area contributed by atoms with E-state index in [0.29, 0.717) is 18.2 Å². The fraction of sp³-hybridized carbons (Fsp3) is 1.00. The van der Waals surface area contributed by atoms with Gasteiger partial charge in [-0.3, -0.25) is 4.90 Å². The van der Waals surface area contributed by atoms with Crippen LogP contribution in [-0.2, 0) is 4.74 Å². The Kier molecular flexibility index (Phi) is 3.65. The smallest absolute Gasteiger partial charge is 0.0731 e. The number of hydrogen-bond donors (Lipinski definition) is 1. The fourth-order valence-corrected chi connectivity index (χ4v) is 2.93. The van der Waals surface area contributed by atoms with Crippen molar-refractivity contribution in [3.63, 3.8) is 0 Å². The second-order valence-corrected chi connectivity index (χ2v) is 5.10. The predicted octanol–water partition coefficient (Wildman–Crippen LogP) is 1.37. The molecule has 0 aromatic heterocycles. The molecule has 2 rings (SSSR count). The Morgan fingerprint density at radius 3 is 2.73 bits per heavy atom. The average Bonchev–Trinajstić information content (AvgIpc) is 2.27. The van der Waals surface area contributed by atoms with Crippen molar-refractivity contribution in [1.29, 1.82) is 0 Å². The minimum Gasteiger partial charge on any atom is -0.375 e. The third-order valence-electron chi connectivity index (χ3n) is 4.06. The third kappa shape index (κ3) is 2.35. The first kappa shape index (κ1) is 11.4. The first-order chi connectivity index (χ1) is 7.20. The number of fused-ring (bicyclic) bond motifs is 1. The highest BCUT2D eigenvalue weighted by Gasteiger charge is 2.36. The molecule has 3 heteroatoms. The standard InChI is InChI=1S/C12H24N2O/c1-9(13)10(2)14-7-8-15-12-6-4-3-5-11(12)14/h9-12H,3-8,13H2,1-2H3. The van der Waals surface area contributed by atoms with Crippen LogP contribution in [0, 0.1) is 0 Å². The zero-order valence-corrected chi connectivity index (χ0v) is 9.98. The molecule has 2 aliphatic rings. The molecular formula is C12H24N2O. The van der Waals surface area contributed by atoms with Crippen molar-refractivity contribution in [1.82, 2.24) is 4.90 Å². The summed E-state index contributed by atoms with van der Waals surface area (Å²) in [7, 11) is 0. The van der Waals surface area contributed by atoms with E-state index in [-0.39, 0.29) is 6.04 Å². The Bertz CT molecular complexity index is 206. The van der Waals surface area contributed by atoms with Crippen LogP contribution < -0.4 is 5.73 Å². The van der Waals surface area contributed by atoms with Crippen LogP contribution in [0.1, 0.15) is 39.5 Å². The van der Waals surface area contributed by atoms with Crippen molar-refractivity contribution in [2.75, 3.05) is 13.2 Å². The molecule has 0 bridgehead atoms. The second-order valence-electron chi connectivity index (χ2n) is 5.10. The molecule has 0 radical (unpaired) electrons. The summed E-state index contributed by atoms with van der Waals surface area (Å²) in [6.07, 6.45) is 5.71. The third-order valence-corrected chi connectivity index (χ3v) is 4.06. The van der Waals surface area contributed by atoms with Gasteiger partial charge in [0.15, 0.2) is 0 Å². The molecule has 0 aromatic carbocycles. The van der Waals surface area contributed by atoms with Gasteiger partial charge >= 0.3 is 0 Å². The lowest BCUT2D eigenvalue weighted by Gasteiger charge is -2.47. The van der Waals surface area contributed by atoms with E-state index in [0.717, 1.165) is 13.2 Å². The van der Waals surface area contributed by atoms with Crippen molar-refractivity contribution < 1.29 is 4.74 Å². The lowest BCUT2D eigenvalue weighted by molar-refractivity contribution is -0.102. The summed E-state index contributed by atoms with van der Waals surface area (Å²) in [4.78, 5) is 2.58. The summed E-state index contributed by atoms with van der Waals surface area (Å²) in [5.74, 6) is 0. The first-order valence-electron chi connectivity index (χ1n) is 6.33. The van der Waals surface area contributed by atoms with Gasteiger partial charge in [0.25, 0.3) is 0 Å². The summed E-state index contributed by atoms with van der Waals surface area (Å²) in [6.45, 7) is 6.31. The van der Waals surface area contributed by atoms with Gasteiger partial charge in [-0.2, -0.15) is 0 Å². The van der Waals surface area contributed by atoms with E-state index in [2.05, 4.69) is 18.7 Å². The van der Waals surface area contributed by atoms with Gasteiger partial charge < -0.3 is 10.5 Å². The molecule has 2 N–H and O–H groups in total. The van der Waals surface area contributed by atoms with Crippen LogP contribution in [-0.4, -0.2) is 42.3 Å². The predicted molar refractivity (Wildman–Crippen MR) is 61.8 cm³/mol. The van der Waals surface area contributed by atoms with Gasteiger partial charge in [-0.25, -0.2) is 0 Å². The number of morpholine rings is 1. The summed E-state index contributed by atoms with van der Waals surface area (Å²) in [5.41, 5.74) is 6.01. The van der Waals surface area contributed by atoms with E-state index >= 15 is 0 Å². The molecule has 2 fully saturated rings. The maximum Gasteiger partial charge on any atom is 0.0731 e. The molecule has 1 heterocycles. The monoisotopic (exact) mass is 212 g/mol. The lowest BCUT2D eigenvalue weighted by Crippen LogP contribution is -2.59. The topological polar surface area (TPSA) is 38.5 Å². The number of ether oxygens (including phenoxy) is 1. The van der Waals surface area contributed by atoms with Crippen LogP contribution in [0.2, 0.25) is 0 Å². The molecule has 0 spiro atoms. The van der Waals surface area contributed by atoms with Crippen molar-refractivity contribution in [3.8, 4) is 0 Å². The molecule has 15 heavy (non-hydrogen) atoms. The Hall–Kier alpha value is -0.120. The highest BCUT2D eigenvalue weighted by atomic mass is 16.5. The molecule has 4 atom stereocenters. The molecule has 88 valence electrons. The van der Waals surface area contributed by atoms with E-state index in [1.165, 1.54) is 25.7 Å². The minimum absolute atomic E-state index is 0.255. The van der Waals surface area contributed by atoms with Crippen molar-refractivity contribution in [2.24, 2.45) is 5.73 Å². The number of nitrogens with two attached hydrogens (primary N) is 1. The number of hydrogen-bond acceptors (Lipinski definition) is 3. The molecule has 1 aliphatic heterocycles. The number of nitrogens with zero attached hydrogens (tertiary/aromatic N) is 1. The van der Waals surface area contributed by atoms with Crippen LogP contribution in [0.4, 0.5) is 0 Å². The van der Waals surface area contributed by atoms with E-state index in [1.54, 1.807) is 0 Å². The minimum atomic E-state index is 0.255. The molecule has 1 saturated heterocycles. The van der Waals surface area contributed by atoms with Gasteiger partial charge in [-0.15, -0.1) is 0 Å². The first-order valence-corrected chi connectivity index (χ1v) is 6.33. The summed E-state index contributed by atoms with van der Waals surface area (Å²) < 4.78 is 5.86. The Labute approximate surface area is 93.0 Å². The van der Waals surface area contributed by atoms with Crippen LogP contribution in [0.3, 0.4) is 0 Å². The zero-order valence-electron chi connectivity index (χ0n) is 9.98. The van der Waals surface area contributed by atoms with Gasteiger partial charge in [0.2, 0.25) is 0 Å².